The van der Waals surface area contributed by atoms with Crippen molar-refractivity contribution in [1.29, 1.82) is 0 Å². The molecule has 3 rings (SSSR count). The van der Waals surface area contributed by atoms with Crippen LogP contribution in [0.25, 0.3) is 0 Å². The molecule has 0 aromatic carbocycles. The standard InChI is InChI=1S/C14H23NO2S/c15-12(10-1-2-10)7-13(16)11-3-5-17-14(8-11)4-6-18-9-14/h10-12H,1-9,15H2. The first-order valence-electron chi connectivity index (χ1n) is 7.19. The summed E-state index contributed by atoms with van der Waals surface area (Å²) < 4.78 is 5.97. The van der Waals surface area contributed by atoms with Crippen LogP contribution in [-0.2, 0) is 9.53 Å². The lowest BCUT2D eigenvalue weighted by Crippen LogP contribution is -2.43. The van der Waals surface area contributed by atoms with Gasteiger partial charge in [-0.3, -0.25) is 4.79 Å². The van der Waals surface area contributed by atoms with Gasteiger partial charge in [0.05, 0.1) is 5.60 Å². The summed E-state index contributed by atoms with van der Waals surface area (Å²) in [6.45, 7) is 0.760. The number of ether oxygens (including phenoxy) is 1. The van der Waals surface area contributed by atoms with Crippen LogP contribution in [0.15, 0.2) is 0 Å². The molecule has 102 valence electrons. The fraction of sp³-hybridized carbons (Fsp3) is 0.929. The molecule has 1 aliphatic carbocycles. The Bertz CT molecular complexity index is 324. The average Bonchev–Trinajstić information content (AvgIpc) is 3.13. The first kappa shape index (κ1) is 12.9. The van der Waals surface area contributed by atoms with Gasteiger partial charge in [0, 0.05) is 30.7 Å². The molecule has 1 saturated carbocycles. The first-order chi connectivity index (χ1) is 8.69. The monoisotopic (exact) mass is 269 g/mol. The van der Waals surface area contributed by atoms with Gasteiger partial charge in [-0.05, 0) is 43.8 Å². The van der Waals surface area contributed by atoms with Crippen LogP contribution >= 0.6 is 11.8 Å². The SMILES string of the molecule is NC(CC(=O)C1CCOC2(CCSC2)C1)C1CC1. The maximum Gasteiger partial charge on any atom is 0.137 e. The van der Waals surface area contributed by atoms with Crippen LogP contribution in [0.4, 0.5) is 0 Å². The van der Waals surface area contributed by atoms with Crippen molar-refractivity contribution in [1.82, 2.24) is 0 Å². The van der Waals surface area contributed by atoms with Gasteiger partial charge in [-0.25, -0.2) is 0 Å². The fourth-order valence-electron chi connectivity index (χ4n) is 3.26. The molecule has 0 aromatic heterocycles. The van der Waals surface area contributed by atoms with Crippen LogP contribution in [-0.4, -0.2) is 35.5 Å². The molecule has 3 aliphatic rings. The zero-order valence-electron chi connectivity index (χ0n) is 10.9. The molecule has 18 heavy (non-hydrogen) atoms. The Hall–Kier alpha value is -0.0600. The third-order valence-electron chi connectivity index (χ3n) is 4.68. The number of carbonyl (C=O) groups excluding carboxylic acids is 1. The summed E-state index contributed by atoms with van der Waals surface area (Å²) in [5.74, 6) is 3.49. The van der Waals surface area contributed by atoms with E-state index >= 15 is 0 Å². The topological polar surface area (TPSA) is 52.3 Å². The number of Topliss-reactive ketones (excluding diaryl/α,β-unsaturated/α-hetero) is 1. The number of rotatable bonds is 4. The Morgan fingerprint density at radius 2 is 2.28 bits per heavy atom. The Morgan fingerprint density at radius 1 is 1.44 bits per heavy atom. The summed E-state index contributed by atoms with van der Waals surface area (Å²) in [4.78, 5) is 12.3. The van der Waals surface area contributed by atoms with Gasteiger partial charge in [0.1, 0.15) is 5.78 Å². The van der Waals surface area contributed by atoms with Crippen LogP contribution in [0, 0.1) is 11.8 Å². The van der Waals surface area contributed by atoms with Crippen molar-refractivity contribution in [3.8, 4) is 0 Å². The Balaban J connectivity index is 1.56. The molecule has 0 amide bonds. The minimum atomic E-state index is 0.0208. The molecule has 3 atom stereocenters. The highest BCUT2D eigenvalue weighted by Gasteiger charge is 2.43. The summed E-state index contributed by atoms with van der Waals surface area (Å²) >= 11 is 1.96. The second-order valence-electron chi connectivity index (χ2n) is 6.20. The second-order valence-corrected chi connectivity index (χ2v) is 7.30. The van der Waals surface area contributed by atoms with Crippen molar-refractivity contribution in [2.24, 2.45) is 17.6 Å². The van der Waals surface area contributed by atoms with Gasteiger partial charge in [-0.1, -0.05) is 0 Å². The van der Waals surface area contributed by atoms with Crippen molar-refractivity contribution >= 4 is 17.5 Å². The second kappa shape index (κ2) is 5.14. The van der Waals surface area contributed by atoms with E-state index in [4.69, 9.17) is 10.5 Å². The van der Waals surface area contributed by atoms with Crippen LogP contribution in [0.2, 0.25) is 0 Å². The van der Waals surface area contributed by atoms with E-state index in [0.717, 1.165) is 31.6 Å². The molecular weight excluding hydrogens is 246 g/mol. The number of thioether (sulfide) groups is 1. The van der Waals surface area contributed by atoms with Crippen LogP contribution < -0.4 is 5.73 Å². The van der Waals surface area contributed by atoms with E-state index in [1.54, 1.807) is 0 Å². The predicted octanol–water partition coefficient (Wildman–Crippen LogP) is 1.99. The van der Waals surface area contributed by atoms with E-state index < -0.39 is 0 Å². The number of ketones is 1. The highest BCUT2D eigenvalue weighted by atomic mass is 32.2. The van der Waals surface area contributed by atoms with Crippen LogP contribution in [0.1, 0.15) is 38.5 Å². The molecule has 2 heterocycles. The molecule has 2 N–H and O–H groups in total. The maximum atomic E-state index is 12.3. The zero-order valence-corrected chi connectivity index (χ0v) is 11.7. The van der Waals surface area contributed by atoms with Crippen molar-refractivity contribution in [2.45, 2.75) is 50.2 Å². The van der Waals surface area contributed by atoms with E-state index in [9.17, 15) is 4.79 Å². The molecule has 2 saturated heterocycles. The van der Waals surface area contributed by atoms with Crippen molar-refractivity contribution < 1.29 is 9.53 Å². The lowest BCUT2D eigenvalue weighted by molar-refractivity contribution is -0.134. The predicted molar refractivity (Wildman–Crippen MR) is 73.7 cm³/mol. The summed E-state index contributed by atoms with van der Waals surface area (Å²) in [5.41, 5.74) is 6.10. The molecule has 0 bridgehead atoms. The smallest absolute Gasteiger partial charge is 0.137 e. The molecule has 3 fully saturated rings. The Kier molecular flexibility index (Phi) is 3.70. The number of carbonyl (C=O) groups is 1. The van der Waals surface area contributed by atoms with Crippen LogP contribution in [0.3, 0.4) is 0 Å². The minimum absolute atomic E-state index is 0.0208. The number of hydrogen-bond acceptors (Lipinski definition) is 4. The summed E-state index contributed by atoms with van der Waals surface area (Å²) in [5, 5.41) is 0. The third-order valence-corrected chi connectivity index (χ3v) is 5.90. The van der Waals surface area contributed by atoms with Crippen molar-refractivity contribution in [2.75, 3.05) is 18.1 Å². The van der Waals surface area contributed by atoms with E-state index in [2.05, 4.69) is 0 Å². The lowest BCUT2D eigenvalue weighted by Gasteiger charge is -2.37. The quantitative estimate of drug-likeness (QED) is 0.848. The normalized spacial score (nSPS) is 37.9. The summed E-state index contributed by atoms with van der Waals surface area (Å²) in [7, 11) is 0. The Morgan fingerprint density at radius 3 is 2.94 bits per heavy atom. The lowest BCUT2D eigenvalue weighted by atomic mass is 9.81. The zero-order chi connectivity index (χ0) is 12.6. The van der Waals surface area contributed by atoms with Gasteiger partial charge >= 0.3 is 0 Å². The van der Waals surface area contributed by atoms with Gasteiger partial charge in [0.25, 0.3) is 0 Å². The highest BCUT2D eigenvalue weighted by molar-refractivity contribution is 7.99. The van der Waals surface area contributed by atoms with Gasteiger partial charge < -0.3 is 10.5 Å². The first-order valence-corrected chi connectivity index (χ1v) is 8.34. The number of hydrogen-bond donors (Lipinski definition) is 1. The molecule has 3 nitrogen and oxygen atoms in total. The van der Waals surface area contributed by atoms with E-state index in [0.29, 0.717) is 18.1 Å². The average molecular weight is 269 g/mol. The highest BCUT2D eigenvalue weighted by Crippen LogP contribution is 2.41. The fourth-order valence-corrected chi connectivity index (χ4v) is 4.63. The van der Waals surface area contributed by atoms with E-state index in [1.165, 1.54) is 18.6 Å². The third kappa shape index (κ3) is 2.75. The molecule has 4 heteroatoms. The summed E-state index contributed by atoms with van der Waals surface area (Å²) in [6, 6.07) is 0.120. The van der Waals surface area contributed by atoms with Gasteiger partial charge in [-0.2, -0.15) is 11.8 Å². The van der Waals surface area contributed by atoms with Crippen LogP contribution in [0.5, 0.6) is 0 Å². The van der Waals surface area contributed by atoms with Gasteiger partial charge in [0.15, 0.2) is 0 Å². The molecule has 0 aromatic rings. The van der Waals surface area contributed by atoms with E-state index in [-0.39, 0.29) is 17.6 Å². The molecule has 0 radical (unpaired) electrons. The molecule has 1 spiro atoms. The van der Waals surface area contributed by atoms with E-state index in [1.807, 2.05) is 11.8 Å². The maximum absolute atomic E-state index is 12.3. The van der Waals surface area contributed by atoms with Crippen molar-refractivity contribution in [3.63, 3.8) is 0 Å². The molecule has 2 aliphatic heterocycles. The minimum Gasteiger partial charge on any atom is -0.374 e. The van der Waals surface area contributed by atoms with Gasteiger partial charge in [0.2, 0.25) is 0 Å². The largest absolute Gasteiger partial charge is 0.374 e. The molecular formula is C14H23NO2S. The number of nitrogens with two attached hydrogens (primary N) is 1. The van der Waals surface area contributed by atoms with Gasteiger partial charge in [-0.15, -0.1) is 0 Å². The molecule has 3 unspecified atom stereocenters. The Labute approximate surface area is 113 Å². The van der Waals surface area contributed by atoms with Crippen molar-refractivity contribution in [3.05, 3.63) is 0 Å². The summed E-state index contributed by atoms with van der Waals surface area (Å²) in [6.07, 6.45) is 6.01.